The highest BCUT2D eigenvalue weighted by atomic mass is 32.1. The zero-order valence-electron chi connectivity index (χ0n) is 10.6. The highest BCUT2D eigenvalue weighted by molar-refractivity contribution is 7.13. The lowest BCUT2D eigenvalue weighted by atomic mass is 10.1. The quantitative estimate of drug-likeness (QED) is 0.858. The number of nitrogens with zero attached hydrogens (tertiary/aromatic N) is 2. The van der Waals surface area contributed by atoms with E-state index in [2.05, 4.69) is 10.3 Å². The Kier molecular flexibility index (Phi) is 4.73. The summed E-state index contributed by atoms with van der Waals surface area (Å²) < 4.78 is 0. The Hall–Kier alpha value is -1.63. The van der Waals surface area contributed by atoms with Crippen molar-refractivity contribution in [1.29, 1.82) is 0 Å². The van der Waals surface area contributed by atoms with Gasteiger partial charge in [-0.2, -0.15) is 0 Å². The van der Waals surface area contributed by atoms with Crippen LogP contribution in [-0.2, 0) is 4.79 Å². The van der Waals surface area contributed by atoms with Gasteiger partial charge in [-0.3, -0.25) is 4.79 Å². The van der Waals surface area contributed by atoms with Gasteiger partial charge in [0.05, 0.1) is 0 Å². The predicted molar refractivity (Wildman–Crippen MR) is 72.6 cm³/mol. The van der Waals surface area contributed by atoms with Gasteiger partial charge < -0.3 is 15.3 Å². The monoisotopic (exact) mass is 283 g/mol. The van der Waals surface area contributed by atoms with E-state index in [-0.39, 0.29) is 11.6 Å². The summed E-state index contributed by atoms with van der Waals surface area (Å²) in [5, 5.41) is 13.8. The average molecular weight is 283 g/mol. The van der Waals surface area contributed by atoms with Gasteiger partial charge in [-0.1, -0.05) is 0 Å². The largest absolute Gasteiger partial charge is 0.476 e. The highest BCUT2D eigenvalue weighted by Crippen LogP contribution is 2.15. The summed E-state index contributed by atoms with van der Waals surface area (Å²) in [6, 6.07) is 0. The lowest BCUT2D eigenvalue weighted by Crippen LogP contribution is -2.36. The number of hydrogen-bond donors (Lipinski definition) is 2. The van der Waals surface area contributed by atoms with E-state index in [0.29, 0.717) is 18.1 Å². The molecule has 0 bridgehead atoms. The number of nitrogens with one attached hydrogen (secondary N) is 1. The van der Waals surface area contributed by atoms with E-state index in [1.54, 1.807) is 0 Å². The first kappa shape index (κ1) is 13.8. The van der Waals surface area contributed by atoms with Crippen LogP contribution < -0.4 is 5.32 Å². The number of aromatic nitrogens is 1. The Labute approximate surface area is 115 Å². The van der Waals surface area contributed by atoms with Crippen molar-refractivity contribution in [3.05, 3.63) is 11.1 Å². The molecule has 1 aromatic heterocycles. The molecule has 1 aliphatic heterocycles. The van der Waals surface area contributed by atoms with Crippen molar-refractivity contribution < 1.29 is 14.7 Å². The maximum Gasteiger partial charge on any atom is 0.355 e. The number of rotatable bonds is 5. The molecule has 0 aromatic carbocycles. The van der Waals surface area contributed by atoms with Gasteiger partial charge in [-0.25, -0.2) is 9.78 Å². The third-order valence-corrected chi connectivity index (χ3v) is 3.85. The van der Waals surface area contributed by atoms with Gasteiger partial charge in [-0.15, -0.1) is 11.3 Å². The van der Waals surface area contributed by atoms with Gasteiger partial charge in [0.2, 0.25) is 5.91 Å². The van der Waals surface area contributed by atoms with Gasteiger partial charge in [0, 0.05) is 31.4 Å². The maximum absolute atomic E-state index is 11.9. The summed E-state index contributed by atoms with van der Waals surface area (Å²) in [5.74, 6) is -0.879. The second-order valence-electron chi connectivity index (χ2n) is 4.46. The van der Waals surface area contributed by atoms with Crippen LogP contribution in [0.4, 0.5) is 5.13 Å². The van der Waals surface area contributed by atoms with Gasteiger partial charge in [-0.05, 0) is 19.3 Å². The van der Waals surface area contributed by atoms with Crippen LogP contribution in [0.15, 0.2) is 5.38 Å². The summed E-state index contributed by atoms with van der Waals surface area (Å²) in [5.41, 5.74) is 0.0369. The molecule has 1 saturated heterocycles. The standard InChI is InChI=1S/C12H17N3O3S/c16-10(15-6-2-1-3-7-15)4-5-13-12-14-9(8-19-12)11(17)18/h8H,1-7H2,(H,13,14)(H,17,18). The second-order valence-corrected chi connectivity index (χ2v) is 5.32. The Morgan fingerprint density at radius 1 is 1.37 bits per heavy atom. The number of carboxylic acid groups (broad SMARTS) is 1. The fourth-order valence-electron chi connectivity index (χ4n) is 2.03. The number of anilines is 1. The molecule has 1 aliphatic rings. The fourth-order valence-corrected chi connectivity index (χ4v) is 2.74. The molecular weight excluding hydrogens is 266 g/mol. The Bertz CT molecular complexity index is 455. The van der Waals surface area contributed by atoms with Gasteiger partial charge in [0.25, 0.3) is 0 Å². The molecule has 6 nitrogen and oxygen atoms in total. The van der Waals surface area contributed by atoms with E-state index >= 15 is 0 Å². The fraction of sp³-hybridized carbons (Fsp3) is 0.583. The third kappa shape index (κ3) is 3.92. The zero-order chi connectivity index (χ0) is 13.7. The first-order valence-electron chi connectivity index (χ1n) is 6.37. The lowest BCUT2D eigenvalue weighted by Gasteiger charge is -2.26. The number of carbonyl (C=O) groups is 2. The lowest BCUT2D eigenvalue weighted by molar-refractivity contribution is -0.131. The van der Waals surface area contributed by atoms with Crippen molar-refractivity contribution in [3.63, 3.8) is 0 Å². The molecule has 0 saturated carbocycles. The minimum Gasteiger partial charge on any atom is -0.476 e. The van der Waals surface area contributed by atoms with E-state index < -0.39 is 5.97 Å². The summed E-state index contributed by atoms with van der Waals surface area (Å²) in [7, 11) is 0. The normalized spacial score (nSPS) is 15.3. The number of aromatic carboxylic acids is 1. The van der Waals surface area contributed by atoms with Crippen LogP contribution in [0.25, 0.3) is 0 Å². The number of carboxylic acids is 1. The van der Waals surface area contributed by atoms with Crippen molar-refractivity contribution in [1.82, 2.24) is 9.88 Å². The van der Waals surface area contributed by atoms with E-state index in [9.17, 15) is 9.59 Å². The number of thiazole rings is 1. The number of piperidine rings is 1. The van der Waals surface area contributed by atoms with Crippen LogP contribution in [0, 0.1) is 0 Å². The highest BCUT2D eigenvalue weighted by Gasteiger charge is 2.16. The van der Waals surface area contributed by atoms with Gasteiger partial charge >= 0.3 is 5.97 Å². The molecule has 104 valence electrons. The maximum atomic E-state index is 11.9. The minimum atomic E-state index is -1.03. The predicted octanol–water partition coefficient (Wildman–Crippen LogP) is 1.66. The topological polar surface area (TPSA) is 82.5 Å². The van der Waals surface area contributed by atoms with Crippen LogP contribution in [0.3, 0.4) is 0 Å². The van der Waals surface area contributed by atoms with Crippen LogP contribution >= 0.6 is 11.3 Å². The van der Waals surface area contributed by atoms with Crippen LogP contribution in [0.1, 0.15) is 36.2 Å². The number of carbonyl (C=O) groups excluding carboxylic acids is 1. The summed E-state index contributed by atoms with van der Waals surface area (Å²) in [6.45, 7) is 2.21. The first-order chi connectivity index (χ1) is 9.16. The molecule has 0 unspecified atom stereocenters. The first-order valence-corrected chi connectivity index (χ1v) is 7.25. The Balaban J connectivity index is 1.73. The zero-order valence-corrected chi connectivity index (χ0v) is 11.4. The van der Waals surface area contributed by atoms with Crippen molar-refractivity contribution in [3.8, 4) is 0 Å². The van der Waals surface area contributed by atoms with E-state index in [0.717, 1.165) is 25.9 Å². The molecule has 1 amide bonds. The molecule has 1 fully saturated rings. The Morgan fingerprint density at radius 2 is 2.11 bits per heavy atom. The van der Waals surface area contributed by atoms with Crippen molar-refractivity contribution in [2.24, 2.45) is 0 Å². The molecule has 0 spiro atoms. The average Bonchev–Trinajstić information content (AvgIpc) is 2.89. The van der Waals surface area contributed by atoms with Crippen LogP contribution in [0.2, 0.25) is 0 Å². The van der Waals surface area contributed by atoms with Crippen molar-refractivity contribution in [2.75, 3.05) is 25.0 Å². The second kappa shape index (κ2) is 6.51. The third-order valence-electron chi connectivity index (χ3n) is 3.05. The smallest absolute Gasteiger partial charge is 0.355 e. The molecule has 2 heterocycles. The summed E-state index contributed by atoms with van der Waals surface area (Å²) >= 11 is 1.24. The summed E-state index contributed by atoms with van der Waals surface area (Å²) in [6.07, 6.45) is 3.81. The molecule has 19 heavy (non-hydrogen) atoms. The van der Waals surface area contributed by atoms with Crippen molar-refractivity contribution >= 4 is 28.3 Å². The molecular formula is C12H17N3O3S. The SMILES string of the molecule is O=C(O)c1csc(NCCC(=O)N2CCCCC2)n1. The summed E-state index contributed by atoms with van der Waals surface area (Å²) in [4.78, 5) is 28.3. The molecule has 0 aliphatic carbocycles. The van der Waals surface area contributed by atoms with Crippen LogP contribution in [0.5, 0.6) is 0 Å². The number of likely N-dealkylation sites (tertiary alicyclic amines) is 1. The van der Waals surface area contributed by atoms with Crippen LogP contribution in [-0.4, -0.2) is 46.5 Å². The molecule has 2 N–H and O–H groups in total. The molecule has 0 radical (unpaired) electrons. The Morgan fingerprint density at radius 3 is 2.74 bits per heavy atom. The van der Waals surface area contributed by atoms with Gasteiger partial charge in [0.1, 0.15) is 0 Å². The number of hydrogen-bond acceptors (Lipinski definition) is 5. The molecule has 1 aromatic rings. The van der Waals surface area contributed by atoms with E-state index in [4.69, 9.17) is 5.11 Å². The van der Waals surface area contributed by atoms with Gasteiger partial charge in [0.15, 0.2) is 10.8 Å². The molecule has 7 heteroatoms. The van der Waals surface area contributed by atoms with Crippen molar-refractivity contribution in [2.45, 2.75) is 25.7 Å². The van der Waals surface area contributed by atoms with E-state index in [1.807, 2.05) is 4.90 Å². The molecule has 0 atom stereocenters. The van der Waals surface area contributed by atoms with E-state index in [1.165, 1.54) is 23.1 Å². The minimum absolute atomic E-state index is 0.0369. The number of amides is 1. The molecule has 2 rings (SSSR count).